The molecule has 0 aliphatic carbocycles. The standard InChI is InChI=1S/C18H31NO2/c1-6-19-14-16(11-12-21-18(2,3)4)13-15-7-9-17(20-5)10-8-15/h7-10,16,19H,6,11-14H2,1-5H3. The average Bonchev–Trinajstić information content (AvgIpc) is 2.44. The van der Waals surface area contributed by atoms with Crippen LogP contribution in [0.5, 0.6) is 5.75 Å². The van der Waals surface area contributed by atoms with Crippen LogP contribution in [0, 0.1) is 5.92 Å². The normalized spacial score (nSPS) is 13.2. The van der Waals surface area contributed by atoms with Crippen molar-refractivity contribution in [1.29, 1.82) is 0 Å². The molecular weight excluding hydrogens is 262 g/mol. The molecule has 1 N–H and O–H groups in total. The van der Waals surface area contributed by atoms with E-state index in [1.807, 2.05) is 12.1 Å². The summed E-state index contributed by atoms with van der Waals surface area (Å²) in [4.78, 5) is 0. The maximum atomic E-state index is 5.87. The van der Waals surface area contributed by atoms with Crippen molar-refractivity contribution in [2.24, 2.45) is 5.92 Å². The predicted octanol–water partition coefficient (Wildman–Crippen LogP) is 3.67. The van der Waals surface area contributed by atoms with Crippen molar-refractivity contribution in [1.82, 2.24) is 5.32 Å². The molecule has 0 spiro atoms. The largest absolute Gasteiger partial charge is 0.497 e. The molecule has 0 fully saturated rings. The molecule has 0 amide bonds. The monoisotopic (exact) mass is 293 g/mol. The van der Waals surface area contributed by atoms with Crippen molar-refractivity contribution in [2.45, 2.75) is 46.1 Å². The lowest BCUT2D eigenvalue weighted by Crippen LogP contribution is -2.27. The van der Waals surface area contributed by atoms with Gasteiger partial charge >= 0.3 is 0 Å². The highest BCUT2D eigenvalue weighted by Crippen LogP contribution is 2.17. The van der Waals surface area contributed by atoms with Gasteiger partial charge in [-0.1, -0.05) is 19.1 Å². The van der Waals surface area contributed by atoms with Crippen LogP contribution in [0.15, 0.2) is 24.3 Å². The van der Waals surface area contributed by atoms with Gasteiger partial charge in [0.2, 0.25) is 0 Å². The molecule has 1 atom stereocenters. The van der Waals surface area contributed by atoms with E-state index in [1.54, 1.807) is 7.11 Å². The first-order valence-electron chi connectivity index (χ1n) is 7.92. The second-order valence-electron chi connectivity index (χ2n) is 6.48. The fourth-order valence-electron chi connectivity index (χ4n) is 2.25. The number of nitrogens with one attached hydrogen (secondary N) is 1. The van der Waals surface area contributed by atoms with Crippen LogP contribution >= 0.6 is 0 Å². The maximum absolute atomic E-state index is 5.87. The molecule has 0 aromatic heterocycles. The van der Waals surface area contributed by atoms with E-state index >= 15 is 0 Å². The van der Waals surface area contributed by atoms with Gasteiger partial charge in [-0.2, -0.15) is 0 Å². The molecule has 0 aliphatic rings. The van der Waals surface area contributed by atoms with Gasteiger partial charge in [0, 0.05) is 6.61 Å². The van der Waals surface area contributed by atoms with E-state index in [4.69, 9.17) is 9.47 Å². The summed E-state index contributed by atoms with van der Waals surface area (Å²) in [7, 11) is 1.70. The summed E-state index contributed by atoms with van der Waals surface area (Å²) < 4.78 is 11.1. The Kier molecular flexibility index (Phi) is 7.76. The molecule has 3 heteroatoms. The van der Waals surface area contributed by atoms with Gasteiger partial charge in [0.15, 0.2) is 0 Å². The lowest BCUT2D eigenvalue weighted by Gasteiger charge is -2.23. The molecule has 0 saturated heterocycles. The Hall–Kier alpha value is -1.06. The van der Waals surface area contributed by atoms with Crippen LogP contribution in [0.25, 0.3) is 0 Å². The molecule has 3 nitrogen and oxygen atoms in total. The third kappa shape index (κ3) is 8.08. The van der Waals surface area contributed by atoms with Gasteiger partial charge in [-0.25, -0.2) is 0 Å². The van der Waals surface area contributed by atoms with Gasteiger partial charge in [-0.3, -0.25) is 0 Å². The van der Waals surface area contributed by atoms with Crippen LogP contribution in [0.1, 0.15) is 39.7 Å². The number of rotatable bonds is 9. The highest BCUT2D eigenvalue weighted by Gasteiger charge is 2.14. The van der Waals surface area contributed by atoms with E-state index in [0.29, 0.717) is 5.92 Å². The Morgan fingerprint density at radius 3 is 2.33 bits per heavy atom. The predicted molar refractivity (Wildman–Crippen MR) is 89.1 cm³/mol. The van der Waals surface area contributed by atoms with Crippen molar-refractivity contribution in [2.75, 3.05) is 26.8 Å². The molecule has 0 radical (unpaired) electrons. The van der Waals surface area contributed by atoms with Gasteiger partial charge < -0.3 is 14.8 Å². The third-order valence-corrected chi connectivity index (χ3v) is 3.43. The average molecular weight is 293 g/mol. The van der Waals surface area contributed by atoms with Crippen molar-refractivity contribution >= 4 is 0 Å². The molecule has 0 heterocycles. The molecule has 120 valence electrons. The first-order valence-corrected chi connectivity index (χ1v) is 7.92. The lowest BCUT2D eigenvalue weighted by atomic mass is 9.96. The van der Waals surface area contributed by atoms with Gasteiger partial charge in [-0.05, 0) is 70.3 Å². The fourth-order valence-corrected chi connectivity index (χ4v) is 2.25. The first kappa shape index (κ1) is 18.0. The van der Waals surface area contributed by atoms with E-state index in [0.717, 1.165) is 38.3 Å². The second kappa shape index (κ2) is 9.06. The quantitative estimate of drug-likeness (QED) is 0.753. The number of methoxy groups -OCH3 is 1. The molecule has 0 aliphatic heterocycles. The van der Waals surface area contributed by atoms with Crippen molar-refractivity contribution in [3.63, 3.8) is 0 Å². The molecule has 21 heavy (non-hydrogen) atoms. The minimum absolute atomic E-state index is 0.0527. The van der Waals surface area contributed by atoms with Crippen LogP contribution in [-0.4, -0.2) is 32.4 Å². The van der Waals surface area contributed by atoms with Crippen molar-refractivity contribution in [3.8, 4) is 5.75 Å². The van der Waals surface area contributed by atoms with Crippen LogP contribution in [0.3, 0.4) is 0 Å². The smallest absolute Gasteiger partial charge is 0.118 e. The summed E-state index contributed by atoms with van der Waals surface area (Å²) in [6.45, 7) is 11.3. The fraction of sp³-hybridized carbons (Fsp3) is 0.667. The van der Waals surface area contributed by atoms with E-state index < -0.39 is 0 Å². The summed E-state index contributed by atoms with van der Waals surface area (Å²) in [6, 6.07) is 8.38. The lowest BCUT2D eigenvalue weighted by molar-refractivity contribution is -0.00918. The number of hydrogen-bond donors (Lipinski definition) is 1. The Morgan fingerprint density at radius 1 is 1.14 bits per heavy atom. The number of benzene rings is 1. The highest BCUT2D eigenvalue weighted by molar-refractivity contribution is 5.27. The van der Waals surface area contributed by atoms with Gasteiger partial charge in [0.05, 0.1) is 12.7 Å². The van der Waals surface area contributed by atoms with Crippen LogP contribution in [0.2, 0.25) is 0 Å². The molecule has 1 aromatic rings. The maximum Gasteiger partial charge on any atom is 0.118 e. The Morgan fingerprint density at radius 2 is 1.81 bits per heavy atom. The number of hydrogen-bond acceptors (Lipinski definition) is 3. The van der Waals surface area contributed by atoms with E-state index in [2.05, 4.69) is 45.1 Å². The molecule has 0 saturated carbocycles. The zero-order chi connectivity index (χ0) is 15.7. The Bertz CT molecular complexity index is 381. The highest BCUT2D eigenvalue weighted by atomic mass is 16.5. The second-order valence-corrected chi connectivity index (χ2v) is 6.48. The Balaban J connectivity index is 2.51. The zero-order valence-corrected chi connectivity index (χ0v) is 14.2. The van der Waals surface area contributed by atoms with Crippen LogP contribution < -0.4 is 10.1 Å². The zero-order valence-electron chi connectivity index (χ0n) is 14.2. The molecule has 1 unspecified atom stereocenters. The summed E-state index contributed by atoms with van der Waals surface area (Å²) in [5, 5.41) is 3.46. The van der Waals surface area contributed by atoms with Gasteiger partial charge in [0.1, 0.15) is 5.75 Å². The SMILES string of the molecule is CCNCC(CCOC(C)(C)C)Cc1ccc(OC)cc1. The van der Waals surface area contributed by atoms with Gasteiger partial charge in [-0.15, -0.1) is 0 Å². The third-order valence-electron chi connectivity index (χ3n) is 3.43. The molecule has 1 rings (SSSR count). The van der Waals surface area contributed by atoms with Gasteiger partial charge in [0.25, 0.3) is 0 Å². The van der Waals surface area contributed by atoms with Crippen LogP contribution in [-0.2, 0) is 11.2 Å². The summed E-state index contributed by atoms with van der Waals surface area (Å²) in [5.74, 6) is 1.51. The first-order chi connectivity index (χ1) is 9.94. The molecular formula is C18H31NO2. The molecule has 1 aromatic carbocycles. The van der Waals surface area contributed by atoms with Crippen LogP contribution in [0.4, 0.5) is 0 Å². The summed E-state index contributed by atoms with van der Waals surface area (Å²) in [5.41, 5.74) is 1.30. The summed E-state index contributed by atoms with van der Waals surface area (Å²) >= 11 is 0. The molecule has 0 bridgehead atoms. The number of ether oxygens (including phenoxy) is 2. The van der Waals surface area contributed by atoms with Crippen molar-refractivity contribution < 1.29 is 9.47 Å². The minimum atomic E-state index is -0.0527. The minimum Gasteiger partial charge on any atom is -0.497 e. The van der Waals surface area contributed by atoms with E-state index in [1.165, 1.54) is 5.56 Å². The summed E-state index contributed by atoms with van der Waals surface area (Å²) in [6.07, 6.45) is 2.15. The Labute approximate surface area is 130 Å². The topological polar surface area (TPSA) is 30.5 Å². The van der Waals surface area contributed by atoms with E-state index in [-0.39, 0.29) is 5.60 Å². The van der Waals surface area contributed by atoms with Crippen molar-refractivity contribution in [3.05, 3.63) is 29.8 Å². The van der Waals surface area contributed by atoms with E-state index in [9.17, 15) is 0 Å².